The Bertz CT molecular complexity index is 452. The maximum atomic E-state index is 11.5. The summed E-state index contributed by atoms with van der Waals surface area (Å²) < 4.78 is 6.27. The largest absolute Gasteiger partial charge is 0.491 e. The summed E-state index contributed by atoms with van der Waals surface area (Å²) >= 11 is 3.29. The summed E-state index contributed by atoms with van der Waals surface area (Å²) in [5, 5.41) is 9.60. The minimum atomic E-state index is -0.805. The number of anilines is 1. The molecule has 100 valence electrons. The summed E-state index contributed by atoms with van der Waals surface area (Å²) in [6.07, 6.45) is 0.458. The van der Waals surface area contributed by atoms with Crippen LogP contribution < -0.4 is 10.5 Å². The molecule has 0 spiro atoms. The van der Waals surface area contributed by atoms with Gasteiger partial charge in [0.1, 0.15) is 0 Å². The molecule has 0 radical (unpaired) electrons. The van der Waals surface area contributed by atoms with Gasteiger partial charge in [0.25, 0.3) is 0 Å². The summed E-state index contributed by atoms with van der Waals surface area (Å²) in [4.78, 5) is 11.5. The standard InChI is InChI=1S/C13H18BrNO3/c1-8(16)10-6-9(14)7-11(15)12(10)18-5-4-13(2,3)17/h6-7,17H,4-5,15H2,1-3H3. The van der Waals surface area contributed by atoms with Crippen LogP contribution in [0.5, 0.6) is 5.75 Å². The second-order valence-electron chi connectivity index (χ2n) is 4.84. The Labute approximate surface area is 115 Å². The molecule has 0 amide bonds. The second-order valence-corrected chi connectivity index (χ2v) is 5.75. The molecular formula is C13H18BrNO3. The van der Waals surface area contributed by atoms with Crippen molar-refractivity contribution in [1.29, 1.82) is 0 Å². The van der Waals surface area contributed by atoms with Gasteiger partial charge < -0.3 is 15.6 Å². The average Bonchev–Trinajstić information content (AvgIpc) is 2.18. The third kappa shape index (κ3) is 4.31. The van der Waals surface area contributed by atoms with E-state index in [1.54, 1.807) is 26.0 Å². The molecule has 0 aliphatic heterocycles. The molecular weight excluding hydrogens is 298 g/mol. The van der Waals surface area contributed by atoms with E-state index in [2.05, 4.69) is 15.9 Å². The number of hydrogen-bond donors (Lipinski definition) is 2. The molecule has 0 aliphatic carbocycles. The Morgan fingerprint density at radius 2 is 2.11 bits per heavy atom. The van der Waals surface area contributed by atoms with Crippen LogP contribution in [0.15, 0.2) is 16.6 Å². The third-order valence-corrected chi connectivity index (χ3v) is 2.88. The van der Waals surface area contributed by atoms with Crippen LogP contribution in [0.2, 0.25) is 0 Å². The first kappa shape index (κ1) is 15.0. The van der Waals surface area contributed by atoms with Crippen molar-refractivity contribution in [1.82, 2.24) is 0 Å². The minimum Gasteiger partial charge on any atom is -0.491 e. The maximum Gasteiger partial charge on any atom is 0.163 e. The van der Waals surface area contributed by atoms with Crippen molar-refractivity contribution >= 4 is 27.4 Å². The predicted octanol–water partition coefficient (Wildman–Crippen LogP) is 2.77. The van der Waals surface area contributed by atoms with Crippen LogP contribution in [0.4, 0.5) is 5.69 Å². The highest BCUT2D eigenvalue weighted by Gasteiger charge is 2.16. The van der Waals surface area contributed by atoms with Gasteiger partial charge in [0, 0.05) is 10.9 Å². The monoisotopic (exact) mass is 315 g/mol. The van der Waals surface area contributed by atoms with Crippen molar-refractivity contribution in [2.75, 3.05) is 12.3 Å². The average molecular weight is 316 g/mol. The van der Waals surface area contributed by atoms with Gasteiger partial charge in [-0.05, 0) is 32.9 Å². The summed E-state index contributed by atoms with van der Waals surface area (Å²) in [5.74, 6) is 0.274. The Hall–Kier alpha value is -1.07. The summed E-state index contributed by atoms with van der Waals surface area (Å²) in [6, 6.07) is 3.37. The van der Waals surface area contributed by atoms with E-state index >= 15 is 0 Å². The molecule has 1 aromatic rings. The van der Waals surface area contributed by atoms with Crippen LogP contribution in [0.1, 0.15) is 37.6 Å². The predicted molar refractivity (Wildman–Crippen MR) is 75.0 cm³/mol. The van der Waals surface area contributed by atoms with Gasteiger partial charge in [0.15, 0.2) is 11.5 Å². The van der Waals surface area contributed by atoms with Crippen molar-refractivity contribution in [3.05, 3.63) is 22.2 Å². The smallest absolute Gasteiger partial charge is 0.163 e. The van der Waals surface area contributed by atoms with E-state index in [9.17, 15) is 9.90 Å². The van der Waals surface area contributed by atoms with Gasteiger partial charge in [0.2, 0.25) is 0 Å². The first-order chi connectivity index (χ1) is 8.20. The van der Waals surface area contributed by atoms with E-state index in [1.807, 2.05) is 0 Å². The number of ketones is 1. The lowest BCUT2D eigenvalue weighted by molar-refractivity contribution is 0.0553. The first-order valence-electron chi connectivity index (χ1n) is 5.66. The van der Waals surface area contributed by atoms with Crippen LogP contribution in [0.25, 0.3) is 0 Å². The highest BCUT2D eigenvalue weighted by molar-refractivity contribution is 9.10. The van der Waals surface area contributed by atoms with Crippen LogP contribution >= 0.6 is 15.9 Å². The number of hydrogen-bond acceptors (Lipinski definition) is 4. The van der Waals surface area contributed by atoms with Gasteiger partial charge in [-0.25, -0.2) is 0 Å². The molecule has 0 heterocycles. The van der Waals surface area contributed by atoms with E-state index in [1.165, 1.54) is 6.92 Å². The van der Waals surface area contributed by atoms with E-state index in [0.29, 0.717) is 30.0 Å². The summed E-state index contributed by atoms with van der Waals surface area (Å²) in [7, 11) is 0. The van der Waals surface area contributed by atoms with Crippen molar-refractivity contribution < 1.29 is 14.6 Å². The minimum absolute atomic E-state index is 0.110. The SMILES string of the molecule is CC(=O)c1cc(Br)cc(N)c1OCCC(C)(C)O. The zero-order valence-electron chi connectivity index (χ0n) is 10.8. The fourth-order valence-corrected chi connectivity index (χ4v) is 1.92. The number of halogens is 1. The molecule has 0 saturated carbocycles. The van der Waals surface area contributed by atoms with Crippen molar-refractivity contribution in [3.8, 4) is 5.75 Å². The van der Waals surface area contributed by atoms with Crippen molar-refractivity contribution in [2.24, 2.45) is 0 Å². The Morgan fingerprint density at radius 3 is 2.61 bits per heavy atom. The van der Waals surface area contributed by atoms with E-state index < -0.39 is 5.60 Å². The molecule has 0 saturated heterocycles. The van der Waals surface area contributed by atoms with Crippen molar-refractivity contribution in [2.45, 2.75) is 32.8 Å². The van der Waals surface area contributed by atoms with Crippen molar-refractivity contribution in [3.63, 3.8) is 0 Å². The molecule has 0 bridgehead atoms. The lowest BCUT2D eigenvalue weighted by Gasteiger charge is -2.18. The molecule has 0 atom stereocenters. The quantitative estimate of drug-likeness (QED) is 0.647. The Morgan fingerprint density at radius 1 is 1.50 bits per heavy atom. The molecule has 0 fully saturated rings. The fourth-order valence-electron chi connectivity index (χ4n) is 1.44. The van der Waals surface area contributed by atoms with Gasteiger partial charge in [-0.15, -0.1) is 0 Å². The third-order valence-electron chi connectivity index (χ3n) is 2.42. The lowest BCUT2D eigenvalue weighted by atomic mass is 10.1. The molecule has 0 aromatic heterocycles. The van der Waals surface area contributed by atoms with Gasteiger partial charge in [-0.2, -0.15) is 0 Å². The zero-order valence-corrected chi connectivity index (χ0v) is 12.4. The van der Waals surface area contributed by atoms with Crippen LogP contribution in [0, 0.1) is 0 Å². The van der Waals surface area contributed by atoms with Gasteiger partial charge in [-0.3, -0.25) is 4.79 Å². The molecule has 4 nitrogen and oxygen atoms in total. The van der Waals surface area contributed by atoms with Crippen LogP contribution in [-0.4, -0.2) is 23.1 Å². The highest BCUT2D eigenvalue weighted by atomic mass is 79.9. The summed E-state index contributed by atoms with van der Waals surface area (Å²) in [5.41, 5.74) is 5.89. The molecule has 1 rings (SSSR count). The van der Waals surface area contributed by atoms with Crippen LogP contribution in [0.3, 0.4) is 0 Å². The Balaban J connectivity index is 2.91. The first-order valence-corrected chi connectivity index (χ1v) is 6.45. The topological polar surface area (TPSA) is 72.6 Å². The number of aliphatic hydroxyl groups is 1. The normalized spacial score (nSPS) is 11.4. The molecule has 1 aromatic carbocycles. The molecule has 5 heteroatoms. The molecule has 0 aliphatic rings. The summed E-state index contributed by atoms with van der Waals surface area (Å²) in [6.45, 7) is 5.17. The number of carbonyl (C=O) groups is 1. The molecule has 0 unspecified atom stereocenters. The molecule has 18 heavy (non-hydrogen) atoms. The number of Topliss-reactive ketones (excluding diaryl/α,β-unsaturated/α-hetero) is 1. The maximum absolute atomic E-state index is 11.5. The van der Waals surface area contributed by atoms with Gasteiger partial charge in [-0.1, -0.05) is 15.9 Å². The zero-order chi connectivity index (χ0) is 13.9. The number of nitrogens with two attached hydrogens (primary N) is 1. The number of carbonyl (C=O) groups excluding carboxylic acids is 1. The fraction of sp³-hybridized carbons (Fsp3) is 0.462. The molecule has 3 N–H and O–H groups in total. The van der Waals surface area contributed by atoms with Gasteiger partial charge in [0.05, 0.1) is 23.5 Å². The van der Waals surface area contributed by atoms with E-state index in [4.69, 9.17) is 10.5 Å². The lowest BCUT2D eigenvalue weighted by Crippen LogP contribution is -2.22. The number of ether oxygens (including phenoxy) is 1. The van der Waals surface area contributed by atoms with E-state index in [-0.39, 0.29) is 5.78 Å². The van der Waals surface area contributed by atoms with Gasteiger partial charge >= 0.3 is 0 Å². The second kappa shape index (κ2) is 5.71. The Kier molecular flexibility index (Phi) is 4.76. The number of benzene rings is 1. The number of nitrogen functional groups attached to an aromatic ring is 1. The highest BCUT2D eigenvalue weighted by Crippen LogP contribution is 2.31. The van der Waals surface area contributed by atoms with E-state index in [0.717, 1.165) is 4.47 Å². The number of rotatable bonds is 5. The van der Waals surface area contributed by atoms with Crippen LogP contribution in [-0.2, 0) is 0 Å².